The predicted molar refractivity (Wildman–Crippen MR) is 64.7 cm³/mol. The van der Waals surface area contributed by atoms with Gasteiger partial charge in [0.05, 0.1) is 7.11 Å². The second-order valence-corrected chi connectivity index (χ2v) is 3.48. The molecular weight excluding hydrogens is 194 g/mol. The molecule has 1 aromatic carbocycles. The van der Waals surface area contributed by atoms with Crippen LogP contribution in [0.1, 0.15) is 12.5 Å². The summed E-state index contributed by atoms with van der Waals surface area (Å²) in [6.45, 7) is 3.01. The molecule has 1 aromatic rings. The molecule has 1 N–H and O–H groups in total. The monoisotopic (exact) mass is 211 g/mol. The summed E-state index contributed by atoms with van der Waals surface area (Å²) in [4.78, 5) is 0. The van der Waals surface area contributed by atoms with Gasteiger partial charge < -0.3 is 10.1 Å². The standard InChI is InChI=1S/C11H17NOS/c1-3-9-8-10(12-6-7-14)4-5-11(9)13-2/h4-5,8,12,14H,3,6-7H2,1-2H3. The number of methoxy groups -OCH3 is 1. The number of benzene rings is 1. The average molecular weight is 211 g/mol. The molecule has 2 nitrogen and oxygen atoms in total. The minimum absolute atomic E-state index is 0.841. The van der Waals surface area contributed by atoms with Gasteiger partial charge in [0.25, 0.3) is 0 Å². The predicted octanol–water partition coefficient (Wildman–Crippen LogP) is 2.60. The Hall–Kier alpha value is -0.830. The van der Waals surface area contributed by atoms with Crippen molar-refractivity contribution in [2.75, 3.05) is 24.7 Å². The van der Waals surface area contributed by atoms with Crippen LogP contribution in [0.25, 0.3) is 0 Å². The van der Waals surface area contributed by atoms with Crippen LogP contribution < -0.4 is 10.1 Å². The van der Waals surface area contributed by atoms with Gasteiger partial charge in [-0.3, -0.25) is 0 Å². The highest BCUT2D eigenvalue weighted by atomic mass is 32.1. The van der Waals surface area contributed by atoms with Crippen LogP contribution in [0.3, 0.4) is 0 Å². The van der Waals surface area contributed by atoms with E-state index in [1.54, 1.807) is 7.11 Å². The zero-order valence-corrected chi connectivity index (χ0v) is 9.60. The molecule has 0 spiro atoms. The summed E-state index contributed by atoms with van der Waals surface area (Å²) in [5.41, 5.74) is 2.37. The Labute approximate surface area is 91.1 Å². The Balaban J connectivity index is 2.79. The normalized spacial score (nSPS) is 9.93. The number of nitrogens with one attached hydrogen (secondary N) is 1. The largest absolute Gasteiger partial charge is 0.496 e. The first-order valence-electron chi connectivity index (χ1n) is 4.83. The van der Waals surface area contributed by atoms with E-state index in [9.17, 15) is 0 Å². The second kappa shape index (κ2) is 5.81. The van der Waals surface area contributed by atoms with Crippen LogP contribution in [-0.2, 0) is 6.42 Å². The molecule has 3 heteroatoms. The number of hydrogen-bond acceptors (Lipinski definition) is 3. The molecule has 0 bridgehead atoms. The van der Waals surface area contributed by atoms with E-state index in [2.05, 4.69) is 30.9 Å². The van der Waals surface area contributed by atoms with Gasteiger partial charge in [-0.1, -0.05) is 6.92 Å². The second-order valence-electron chi connectivity index (χ2n) is 3.03. The lowest BCUT2D eigenvalue weighted by Gasteiger charge is -2.10. The van der Waals surface area contributed by atoms with Gasteiger partial charge in [-0.15, -0.1) is 0 Å². The van der Waals surface area contributed by atoms with Crippen LogP contribution in [0.2, 0.25) is 0 Å². The van der Waals surface area contributed by atoms with Crippen molar-refractivity contribution in [3.05, 3.63) is 23.8 Å². The van der Waals surface area contributed by atoms with Crippen LogP contribution in [0.4, 0.5) is 5.69 Å². The third kappa shape index (κ3) is 2.84. The Bertz CT molecular complexity index is 289. The molecule has 0 fully saturated rings. The molecule has 0 unspecified atom stereocenters. The van der Waals surface area contributed by atoms with Crippen molar-refractivity contribution >= 4 is 18.3 Å². The van der Waals surface area contributed by atoms with E-state index in [1.807, 2.05) is 12.1 Å². The Morgan fingerprint density at radius 1 is 1.43 bits per heavy atom. The van der Waals surface area contributed by atoms with Gasteiger partial charge in [-0.25, -0.2) is 0 Å². The first-order valence-corrected chi connectivity index (χ1v) is 5.46. The highest BCUT2D eigenvalue weighted by molar-refractivity contribution is 7.80. The SMILES string of the molecule is CCc1cc(NCCS)ccc1OC. The minimum Gasteiger partial charge on any atom is -0.496 e. The summed E-state index contributed by atoms with van der Waals surface area (Å²) in [6.07, 6.45) is 0.986. The number of hydrogen-bond donors (Lipinski definition) is 2. The molecule has 0 aliphatic heterocycles. The topological polar surface area (TPSA) is 21.3 Å². The van der Waals surface area contributed by atoms with E-state index in [-0.39, 0.29) is 0 Å². The van der Waals surface area contributed by atoms with Gasteiger partial charge >= 0.3 is 0 Å². The van der Waals surface area contributed by atoms with Gasteiger partial charge in [0.2, 0.25) is 0 Å². The number of anilines is 1. The van der Waals surface area contributed by atoms with Gasteiger partial charge in [0.15, 0.2) is 0 Å². The Kier molecular flexibility index (Phi) is 4.66. The molecule has 0 aliphatic rings. The lowest BCUT2D eigenvalue weighted by atomic mass is 10.1. The van der Waals surface area contributed by atoms with Gasteiger partial charge in [-0.05, 0) is 30.2 Å². The van der Waals surface area contributed by atoms with Crippen LogP contribution in [0.5, 0.6) is 5.75 Å². The average Bonchev–Trinajstić information content (AvgIpc) is 2.25. The van der Waals surface area contributed by atoms with E-state index in [4.69, 9.17) is 4.74 Å². The maximum absolute atomic E-state index is 5.25. The van der Waals surface area contributed by atoms with E-state index in [0.717, 1.165) is 30.2 Å². The van der Waals surface area contributed by atoms with Gasteiger partial charge in [-0.2, -0.15) is 12.6 Å². The molecule has 0 saturated heterocycles. The lowest BCUT2D eigenvalue weighted by molar-refractivity contribution is 0.410. The molecule has 0 saturated carbocycles. The molecule has 0 amide bonds. The smallest absolute Gasteiger partial charge is 0.122 e. The van der Waals surface area contributed by atoms with Crippen molar-refractivity contribution < 1.29 is 4.74 Å². The number of ether oxygens (including phenoxy) is 1. The molecule has 14 heavy (non-hydrogen) atoms. The van der Waals surface area contributed by atoms with Crippen LogP contribution >= 0.6 is 12.6 Å². The van der Waals surface area contributed by atoms with Crippen LogP contribution in [0.15, 0.2) is 18.2 Å². The van der Waals surface area contributed by atoms with E-state index < -0.39 is 0 Å². The summed E-state index contributed by atoms with van der Waals surface area (Å²) in [6, 6.07) is 6.16. The highest BCUT2D eigenvalue weighted by Crippen LogP contribution is 2.22. The first-order chi connectivity index (χ1) is 6.81. The van der Waals surface area contributed by atoms with Crippen LogP contribution in [-0.4, -0.2) is 19.4 Å². The quantitative estimate of drug-likeness (QED) is 0.731. The third-order valence-electron chi connectivity index (χ3n) is 2.10. The summed E-state index contributed by atoms with van der Waals surface area (Å²) >= 11 is 4.15. The fourth-order valence-corrected chi connectivity index (χ4v) is 1.48. The molecule has 0 aliphatic carbocycles. The summed E-state index contributed by atoms with van der Waals surface area (Å²) in [5, 5.41) is 3.29. The van der Waals surface area contributed by atoms with Crippen molar-refractivity contribution in [1.29, 1.82) is 0 Å². The molecule has 0 aromatic heterocycles. The summed E-state index contributed by atoms with van der Waals surface area (Å²) in [5.74, 6) is 1.80. The molecule has 78 valence electrons. The third-order valence-corrected chi connectivity index (χ3v) is 2.33. The van der Waals surface area contributed by atoms with Crippen molar-refractivity contribution in [2.24, 2.45) is 0 Å². The Morgan fingerprint density at radius 2 is 2.21 bits per heavy atom. The van der Waals surface area contributed by atoms with E-state index in [0.29, 0.717) is 0 Å². The zero-order chi connectivity index (χ0) is 10.4. The molecule has 0 radical (unpaired) electrons. The van der Waals surface area contributed by atoms with Gasteiger partial charge in [0, 0.05) is 18.0 Å². The highest BCUT2D eigenvalue weighted by Gasteiger charge is 2.01. The van der Waals surface area contributed by atoms with Crippen LogP contribution in [0, 0.1) is 0 Å². The molecule has 1 rings (SSSR count). The van der Waals surface area contributed by atoms with Crippen molar-refractivity contribution in [3.63, 3.8) is 0 Å². The number of aryl methyl sites for hydroxylation is 1. The fourth-order valence-electron chi connectivity index (χ4n) is 1.37. The molecular formula is C11H17NOS. The van der Waals surface area contributed by atoms with E-state index in [1.165, 1.54) is 5.56 Å². The maximum Gasteiger partial charge on any atom is 0.122 e. The zero-order valence-electron chi connectivity index (χ0n) is 8.71. The number of rotatable bonds is 5. The number of thiol groups is 1. The first kappa shape index (κ1) is 11.2. The molecule has 0 atom stereocenters. The summed E-state index contributed by atoms with van der Waals surface area (Å²) in [7, 11) is 1.70. The van der Waals surface area contributed by atoms with Crippen molar-refractivity contribution in [2.45, 2.75) is 13.3 Å². The Morgan fingerprint density at radius 3 is 2.79 bits per heavy atom. The van der Waals surface area contributed by atoms with Gasteiger partial charge in [0.1, 0.15) is 5.75 Å². The van der Waals surface area contributed by atoms with Crippen molar-refractivity contribution in [1.82, 2.24) is 0 Å². The summed E-state index contributed by atoms with van der Waals surface area (Å²) < 4.78 is 5.25. The van der Waals surface area contributed by atoms with Crippen molar-refractivity contribution in [3.8, 4) is 5.75 Å². The lowest BCUT2D eigenvalue weighted by Crippen LogP contribution is -2.03. The fraction of sp³-hybridized carbons (Fsp3) is 0.455. The van der Waals surface area contributed by atoms with E-state index >= 15 is 0 Å². The maximum atomic E-state index is 5.25. The minimum atomic E-state index is 0.841. The molecule has 0 heterocycles.